The molecule has 0 atom stereocenters. The van der Waals surface area contributed by atoms with Gasteiger partial charge < -0.3 is 10.4 Å². The number of carbonyl (C=O) groups is 1. The number of aromatic carboxylic acids is 1. The van der Waals surface area contributed by atoms with Crippen LogP contribution < -0.4 is 5.32 Å². The molecule has 18 heavy (non-hydrogen) atoms. The van der Waals surface area contributed by atoms with Gasteiger partial charge in [0.1, 0.15) is 0 Å². The molecule has 1 aliphatic rings. The molecule has 2 N–H and O–H groups in total. The summed E-state index contributed by atoms with van der Waals surface area (Å²) < 4.78 is 0. The van der Waals surface area contributed by atoms with Gasteiger partial charge in [0.15, 0.2) is 0 Å². The van der Waals surface area contributed by atoms with Gasteiger partial charge in [-0.25, -0.2) is 4.79 Å². The predicted molar refractivity (Wildman–Crippen MR) is 71.7 cm³/mol. The molecule has 0 aromatic heterocycles. The average Bonchev–Trinajstić information content (AvgIpc) is 2.33. The lowest BCUT2D eigenvalue weighted by Gasteiger charge is -2.41. The van der Waals surface area contributed by atoms with E-state index < -0.39 is 5.97 Å². The Morgan fingerprint density at radius 3 is 2.44 bits per heavy atom. The maximum absolute atomic E-state index is 10.7. The SMILES string of the molecule is CCC1(CNCc2ccc(C(=O)O)cc2)CCC1. The molecule has 1 aliphatic carbocycles. The third-order valence-electron chi connectivity index (χ3n) is 4.19. The molecular weight excluding hydrogens is 226 g/mol. The zero-order valence-corrected chi connectivity index (χ0v) is 10.9. The Hall–Kier alpha value is -1.35. The number of carboxylic acids is 1. The fraction of sp³-hybridized carbons (Fsp3) is 0.533. The molecule has 0 saturated heterocycles. The predicted octanol–water partition coefficient (Wildman–Crippen LogP) is 3.05. The molecule has 0 radical (unpaired) electrons. The van der Waals surface area contributed by atoms with Crippen molar-refractivity contribution >= 4 is 5.97 Å². The molecule has 1 fully saturated rings. The van der Waals surface area contributed by atoms with Crippen LogP contribution in [0.4, 0.5) is 0 Å². The highest BCUT2D eigenvalue weighted by atomic mass is 16.4. The molecule has 0 bridgehead atoms. The summed E-state index contributed by atoms with van der Waals surface area (Å²) in [5.74, 6) is -0.867. The van der Waals surface area contributed by atoms with Crippen LogP contribution in [0.1, 0.15) is 48.5 Å². The number of hydrogen-bond acceptors (Lipinski definition) is 2. The molecule has 0 heterocycles. The number of rotatable bonds is 6. The fourth-order valence-corrected chi connectivity index (χ4v) is 2.57. The van der Waals surface area contributed by atoms with E-state index in [2.05, 4.69) is 12.2 Å². The van der Waals surface area contributed by atoms with Gasteiger partial charge in [0, 0.05) is 13.1 Å². The summed E-state index contributed by atoms with van der Waals surface area (Å²) in [5, 5.41) is 12.3. The molecule has 0 spiro atoms. The maximum Gasteiger partial charge on any atom is 0.335 e. The van der Waals surface area contributed by atoms with Crippen molar-refractivity contribution in [1.82, 2.24) is 5.32 Å². The summed E-state index contributed by atoms with van der Waals surface area (Å²) in [4.78, 5) is 10.7. The number of hydrogen-bond donors (Lipinski definition) is 2. The van der Waals surface area contributed by atoms with Crippen LogP contribution in [0.5, 0.6) is 0 Å². The van der Waals surface area contributed by atoms with E-state index >= 15 is 0 Å². The van der Waals surface area contributed by atoms with Gasteiger partial charge >= 0.3 is 5.97 Å². The summed E-state index contributed by atoms with van der Waals surface area (Å²) in [6.45, 7) is 4.16. The number of nitrogens with one attached hydrogen (secondary N) is 1. The smallest absolute Gasteiger partial charge is 0.335 e. The Morgan fingerprint density at radius 2 is 2.00 bits per heavy atom. The number of benzene rings is 1. The first-order valence-corrected chi connectivity index (χ1v) is 6.68. The maximum atomic E-state index is 10.7. The van der Waals surface area contributed by atoms with Crippen LogP contribution in [-0.2, 0) is 6.54 Å². The minimum Gasteiger partial charge on any atom is -0.478 e. The standard InChI is InChI=1S/C15H21NO2/c1-2-15(8-3-9-15)11-16-10-12-4-6-13(7-5-12)14(17)18/h4-7,16H,2-3,8-11H2,1H3,(H,17,18). The van der Waals surface area contributed by atoms with Crippen LogP contribution in [0.2, 0.25) is 0 Å². The van der Waals surface area contributed by atoms with Crippen molar-refractivity contribution in [3.05, 3.63) is 35.4 Å². The van der Waals surface area contributed by atoms with Crippen molar-refractivity contribution in [3.63, 3.8) is 0 Å². The van der Waals surface area contributed by atoms with Crippen molar-refractivity contribution in [1.29, 1.82) is 0 Å². The van der Waals surface area contributed by atoms with Gasteiger partial charge in [-0.1, -0.05) is 25.5 Å². The molecule has 0 aliphatic heterocycles. The Kier molecular flexibility index (Phi) is 4.02. The average molecular weight is 247 g/mol. The highest BCUT2D eigenvalue weighted by molar-refractivity contribution is 5.87. The zero-order chi connectivity index (χ0) is 13.0. The van der Waals surface area contributed by atoms with E-state index in [0.717, 1.165) is 18.7 Å². The topological polar surface area (TPSA) is 49.3 Å². The van der Waals surface area contributed by atoms with Crippen molar-refractivity contribution in [2.75, 3.05) is 6.54 Å². The van der Waals surface area contributed by atoms with E-state index in [1.54, 1.807) is 12.1 Å². The Balaban J connectivity index is 1.81. The summed E-state index contributed by atoms with van der Waals surface area (Å²) in [6.07, 6.45) is 5.30. The lowest BCUT2D eigenvalue weighted by Crippen LogP contribution is -2.39. The van der Waals surface area contributed by atoms with Gasteiger partial charge in [-0.05, 0) is 42.4 Å². The third-order valence-corrected chi connectivity index (χ3v) is 4.19. The molecule has 1 aromatic carbocycles. The van der Waals surface area contributed by atoms with Crippen LogP contribution in [0.15, 0.2) is 24.3 Å². The van der Waals surface area contributed by atoms with E-state index in [-0.39, 0.29) is 0 Å². The van der Waals surface area contributed by atoms with Gasteiger partial charge in [0.05, 0.1) is 5.56 Å². The summed E-state index contributed by atoms with van der Waals surface area (Å²) in [6, 6.07) is 7.10. The summed E-state index contributed by atoms with van der Waals surface area (Å²) in [7, 11) is 0. The molecule has 3 nitrogen and oxygen atoms in total. The zero-order valence-electron chi connectivity index (χ0n) is 10.9. The van der Waals surface area contributed by atoms with E-state index in [4.69, 9.17) is 5.11 Å². The van der Waals surface area contributed by atoms with Gasteiger partial charge in [-0.3, -0.25) is 0 Å². The molecule has 0 unspecified atom stereocenters. The van der Waals surface area contributed by atoms with Crippen molar-refractivity contribution < 1.29 is 9.90 Å². The van der Waals surface area contributed by atoms with Gasteiger partial charge in [0.2, 0.25) is 0 Å². The van der Waals surface area contributed by atoms with Gasteiger partial charge in [-0.15, -0.1) is 0 Å². The first kappa shape index (κ1) is 13.1. The molecule has 1 aromatic rings. The quantitative estimate of drug-likeness (QED) is 0.812. The second-order valence-corrected chi connectivity index (χ2v) is 5.31. The van der Waals surface area contributed by atoms with Gasteiger partial charge in [-0.2, -0.15) is 0 Å². The first-order valence-electron chi connectivity index (χ1n) is 6.68. The van der Waals surface area contributed by atoms with E-state index in [1.807, 2.05) is 12.1 Å². The normalized spacial score (nSPS) is 17.2. The van der Waals surface area contributed by atoms with Crippen LogP contribution in [0.25, 0.3) is 0 Å². The molecule has 0 amide bonds. The fourth-order valence-electron chi connectivity index (χ4n) is 2.57. The van der Waals surface area contributed by atoms with Crippen LogP contribution in [0.3, 0.4) is 0 Å². The molecule has 1 saturated carbocycles. The van der Waals surface area contributed by atoms with Crippen LogP contribution >= 0.6 is 0 Å². The molecule has 3 heteroatoms. The lowest BCUT2D eigenvalue weighted by atomic mass is 9.67. The van der Waals surface area contributed by atoms with Crippen molar-refractivity contribution in [2.45, 2.75) is 39.2 Å². The highest BCUT2D eigenvalue weighted by Gasteiger charge is 2.34. The van der Waals surface area contributed by atoms with Crippen molar-refractivity contribution in [3.8, 4) is 0 Å². The minimum absolute atomic E-state index is 0.350. The van der Waals surface area contributed by atoms with E-state index in [0.29, 0.717) is 11.0 Å². The Bertz CT molecular complexity index is 401. The summed E-state index contributed by atoms with van der Waals surface area (Å²) >= 11 is 0. The minimum atomic E-state index is -0.867. The number of carboxylic acid groups (broad SMARTS) is 1. The molecular formula is C15H21NO2. The monoisotopic (exact) mass is 247 g/mol. The van der Waals surface area contributed by atoms with E-state index in [9.17, 15) is 4.79 Å². The summed E-state index contributed by atoms with van der Waals surface area (Å²) in [5.41, 5.74) is 2.02. The Labute approximate surface area is 108 Å². The largest absolute Gasteiger partial charge is 0.478 e. The second-order valence-electron chi connectivity index (χ2n) is 5.31. The lowest BCUT2D eigenvalue weighted by molar-refractivity contribution is 0.0697. The third kappa shape index (κ3) is 2.91. The van der Waals surface area contributed by atoms with E-state index in [1.165, 1.54) is 25.7 Å². The second kappa shape index (κ2) is 5.53. The van der Waals surface area contributed by atoms with Crippen molar-refractivity contribution in [2.24, 2.45) is 5.41 Å². The van der Waals surface area contributed by atoms with Crippen LogP contribution in [0, 0.1) is 5.41 Å². The molecule has 2 rings (SSSR count). The van der Waals surface area contributed by atoms with Crippen LogP contribution in [-0.4, -0.2) is 17.6 Å². The highest BCUT2D eigenvalue weighted by Crippen LogP contribution is 2.43. The Morgan fingerprint density at radius 1 is 1.33 bits per heavy atom. The first-order chi connectivity index (χ1) is 8.65. The molecule has 98 valence electrons. The van der Waals surface area contributed by atoms with Gasteiger partial charge in [0.25, 0.3) is 0 Å².